The summed E-state index contributed by atoms with van der Waals surface area (Å²) in [5.74, 6) is -0.266. The number of carbonyl (C=O) groups is 2. The first-order valence-corrected chi connectivity index (χ1v) is 12.6. The molecule has 0 unspecified atom stereocenters. The molecule has 0 radical (unpaired) electrons. The second-order valence-corrected chi connectivity index (χ2v) is 10.2. The minimum absolute atomic E-state index is 0.0202. The van der Waals surface area contributed by atoms with Crippen LogP contribution in [0, 0.1) is 0 Å². The molecular weight excluding hydrogens is 430 g/mol. The van der Waals surface area contributed by atoms with Gasteiger partial charge in [0.15, 0.2) is 0 Å². The molecule has 0 spiro atoms. The third kappa shape index (κ3) is 5.39. The Balaban J connectivity index is 1.20. The van der Waals surface area contributed by atoms with Crippen LogP contribution in [0.4, 0.5) is 0 Å². The largest absolute Gasteiger partial charge is 0.472 e. The van der Waals surface area contributed by atoms with Crippen LogP contribution in [0.25, 0.3) is 0 Å². The summed E-state index contributed by atoms with van der Waals surface area (Å²) in [6.45, 7) is 1.16. The molecule has 8 nitrogen and oxygen atoms in total. The van der Waals surface area contributed by atoms with E-state index in [0.717, 1.165) is 31.2 Å². The van der Waals surface area contributed by atoms with Crippen LogP contribution < -0.4 is 10.0 Å². The second-order valence-electron chi connectivity index (χ2n) is 8.43. The maximum atomic E-state index is 12.6. The van der Waals surface area contributed by atoms with Crippen LogP contribution in [0.1, 0.15) is 53.6 Å². The van der Waals surface area contributed by atoms with Crippen molar-refractivity contribution in [3.8, 4) is 0 Å². The number of hydrogen-bond acceptors (Lipinski definition) is 5. The molecule has 1 saturated heterocycles. The molecule has 9 heteroatoms. The molecule has 1 aliphatic carbocycles. The van der Waals surface area contributed by atoms with Crippen LogP contribution in [0.15, 0.2) is 46.1 Å². The van der Waals surface area contributed by atoms with Crippen LogP contribution in [0.2, 0.25) is 0 Å². The fourth-order valence-corrected chi connectivity index (χ4v) is 5.44. The smallest absolute Gasteiger partial charge is 0.257 e. The predicted octanol–water partition coefficient (Wildman–Crippen LogP) is 2.25. The first-order chi connectivity index (χ1) is 15.4. The van der Waals surface area contributed by atoms with Crippen molar-refractivity contribution in [3.05, 3.63) is 53.5 Å². The number of hydrogen-bond donors (Lipinski definition) is 2. The lowest BCUT2D eigenvalue weighted by molar-refractivity contribution is -0.121. The fraction of sp³-hybridized carbons (Fsp3) is 0.478. The highest BCUT2D eigenvalue weighted by molar-refractivity contribution is 7.89. The molecule has 172 valence electrons. The van der Waals surface area contributed by atoms with Crippen molar-refractivity contribution in [1.29, 1.82) is 0 Å². The van der Waals surface area contributed by atoms with Gasteiger partial charge in [0.25, 0.3) is 5.91 Å². The lowest BCUT2D eigenvalue weighted by Gasteiger charge is -2.32. The molecule has 2 aromatic rings. The molecule has 0 saturated carbocycles. The monoisotopic (exact) mass is 459 g/mol. The molecule has 1 fully saturated rings. The molecule has 1 aromatic heterocycles. The Morgan fingerprint density at radius 1 is 1.06 bits per heavy atom. The average Bonchev–Trinajstić information content (AvgIpc) is 3.33. The van der Waals surface area contributed by atoms with Gasteiger partial charge in [0.2, 0.25) is 15.9 Å². The van der Waals surface area contributed by atoms with Gasteiger partial charge in [-0.05, 0) is 67.9 Å². The molecule has 32 heavy (non-hydrogen) atoms. The number of amides is 2. The van der Waals surface area contributed by atoms with Gasteiger partial charge < -0.3 is 14.6 Å². The van der Waals surface area contributed by atoms with Gasteiger partial charge in [0.05, 0.1) is 16.7 Å². The molecule has 0 atom stereocenters. The zero-order valence-corrected chi connectivity index (χ0v) is 18.8. The Kier molecular flexibility index (Phi) is 6.95. The topological polar surface area (TPSA) is 109 Å². The molecule has 2 N–H and O–H groups in total. The van der Waals surface area contributed by atoms with Gasteiger partial charge in [-0.25, -0.2) is 13.1 Å². The molecule has 4 rings (SSSR count). The minimum Gasteiger partial charge on any atom is -0.472 e. The Morgan fingerprint density at radius 3 is 2.53 bits per heavy atom. The number of sulfonamides is 1. The van der Waals surface area contributed by atoms with E-state index in [1.807, 2.05) is 6.07 Å². The Bertz CT molecular complexity index is 1060. The lowest BCUT2D eigenvalue weighted by atomic mass is 9.92. The average molecular weight is 460 g/mol. The van der Waals surface area contributed by atoms with Crippen molar-refractivity contribution in [3.63, 3.8) is 0 Å². The SMILES string of the molecule is O=C(CCNS(=O)(=O)c1ccc2c(c1)CCCC2)NC1CCN(C(=O)c2ccoc2)CC1. The van der Waals surface area contributed by atoms with E-state index in [1.54, 1.807) is 23.1 Å². The molecular formula is C23H29N3O5S. The highest BCUT2D eigenvalue weighted by atomic mass is 32.2. The van der Waals surface area contributed by atoms with Crippen LogP contribution in [-0.4, -0.2) is 50.8 Å². The van der Waals surface area contributed by atoms with Gasteiger partial charge in [0.1, 0.15) is 6.26 Å². The van der Waals surface area contributed by atoms with E-state index >= 15 is 0 Å². The summed E-state index contributed by atoms with van der Waals surface area (Å²) in [4.78, 5) is 26.6. The number of benzene rings is 1. The van der Waals surface area contributed by atoms with Crippen LogP contribution in [-0.2, 0) is 27.7 Å². The fourth-order valence-electron chi connectivity index (χ4n) is 4.35. The molecule has 2 aliphatic rings. The van der Waals surface area contributed by atoms with Crippen LogP contribution >= 0.6 is 0 Å². The van der Waals surface area contributed by atoms with Gasteiger partial charge >= 0.3 is 0 Å². The zero-order valence-electron chi connectivity index (χ0n) is 18.0. The number of fused-ring (bicyclic) bond motifs is 1. The number of nitrogens with zero attached hydrogens (tertiary/aromatic N) is 1. The number of rotatable bonds is 7. The van der Waals surface area contributed by atoms with E-state index in [1.165, 1.54) is 18.1 Å². The lowest BCUT2D eigenvalue weighted by Crippen LogP contribution is -2.46. The summed E-state index contributed by atoms with van der Waals surface area (Å²) in [6.07, 6.45) is 8.44. The van der Waals surface area contributed by atoms with E-state index in [9.17, 15) is 18.0 Å². The van der Waals surface area contributed by atoms with Crippen molar-refractivity contribution in [2.24, 2.45) is 0 Å². The predicted molar refractivity (Wildman–Crippen MR) is 119 cm³/mol. The normalized spacial score (nSPS) is 17.1. The summed E-state index contributed by atoms with van der Waals surface area (Å²) in [5.41, 5.74) is 2.86. The van der Waals surface area contributed by atoms with Gasteiger partial charge in [-0.3, -0.25) is 9.59 Å². The van der Waals surface area contributed by atoms with Crippen molar-refractivity contribution in [2.75, 3.05) is 19.6 Å². The molecule has 0 bridgehead atoms. The van der Waals surface area contributed by atoms with Gasteiger partial charge in [-0.1, -0.05) is 6.07 Å². The maximum absolute atomic E-state index is 12.6. The van der Waals surface area contributed by atoms with E-state index in [2.05, 4.69) is 10.0 Å². The van der Waals surface area contributed by atoms with Gasteiger partial charge in [0, 0.05) is 32.1 Å². The number of nitrogens with one attached hydrogen (secondary N) is 2. The maximum Gasteiger partial charge on any atom is 0.257 e. The van der Waals surface area contributed by atoms with E-state index < -0.39 is 10.0 Å². The highest BCUT2D eigenvalue weighted by Crippen LogP contribution is 2.24. The minimum atomic E-state index is -3.64. The first kappa shape index (κ1) is 22.5. The first-order valence-electron chi connectivity index (χ1n) is 11.1. The Morgan fingerprint density at radius 2 is 1.81 bits per heavy atom. The van der Waals surface area contributed by atoms with Crippen LogP contribution in [0.3, 0.4) is 0 Å². The number of piperidine rings is 1. The summed E-state index contributed by atoms with van der Waals surface area (Å²) >= 11 is 0. The third-order valence-electron chi connectivity index (χ3n) is 6.19. The summed E-state index contributed by atoms with van der Waals surface area (Å²) in [5, 5.41) is 2.95. The summed E-state index contributed by atoms with van der Waals surface area (Å²) < 4.78 is 32.7. The summed E-state index contributed by atoms with van der Waals surface area (Å²) in [6, 6.07) is 6.93. The quantitative estimate of drug-likeness (QED) is 0.660. The van der Waals surface area contributed by atoms with E-state index in [0.29, 0.717) is 31.5 Å². The van der Waals surface area contributed by atoms with Crippen molar-refractivity contribution >= 4 is 21.8 Å². The van der Waals surface area contributed by atoms with E-state index in [4.69, 9.17) is 4.42 Å². The third-order valence-corrected chi connectivity index (χ3v) is 7.65. The molecule has 1 aromatic carbocycles. The number of aryl methyl sites for hydroxylation is 2. The standard InChI is InChI=1S/C23H29N3O5S/c27-22(25-20-8-12-26(13-9-20)23(28)19-10-14-31-16-19)7-11-24-32(29,30)21-6-5-17-3-1-2-4-18(17)15-21/h5-6,10,14-16,20,24H,1-4,7-9,11-13H2,(H,25,27). The Hall–Kier alpha value is -2.65. The molecule has 2 heterocycles. The highest BCUT2D eigenvalue weighted by Gasteiger charge is 2.25. The van der Waals surface area contributed by atoms with Crippen molar-refractivity contribution < 1.29 is 22.4 Å². The zero-order chi connectivity index (χ0) is 22.6. The summed E-state index contributed by atoms with van der Waals surface area (Å²) in [7, 11) is -3.64. The number of furan rings is 1. The van der Waals surface area contributed by atoms with Crippen LogP contribution in [0.5, 0.6) is 0 Å². The van der Waals surface area contributed by atoms with Gasteiger partial charge in [-0.15, -0.1) is 0 Å². The van der Waals surface area contributed by atoms with E-state index in [-0.39, 0.29) is 35.7 Å². The van der Waals surface area contributed by atoms with Crippen molar-refractivity contribution in [2.45, 2.75) is 55.9 Å². The number of carbonyl (C=O) groups excluding carboxylic acids is 2. The molecule has 2 amide bonds. The molecule has 1 aliphatic heterocycles. The van der Waals surface area contributed by atoms with Crippen molar-refractivity contribution in [1.82, 2.24) is 14.9 Å². The number of likely N-dealkylation sites (tertiary alicyclic amines) is 1. The van der Waals surface area contributed by atoms with Gasteiger partial charge in [-0.2, -0.15) is 0 Å². The second kappa shape index (κ2) is 9.87. The Labute approximate surface area is 188 Å².